The fraction of sp³-hybridized carbons (Fsp3) is 0.385. The summed E-state index contributed by atoms with van der Waals surface area (Å²) in [6.45, 7) is 0.0609. The van der Waals surface area contributed by atoms with Crippen molar-refractivity contribution in [3.63, 3.8) is 0 Å². The zero-order valence-electron chi connectivity index (χ0n) is 10.7. The zero-order valence-corrected chi connectivity index (χ0v) is 10.7. The minimum absolute atomic E-state index is 0.0217. The minimum Gasteiger partial charge on any atom is -0.480 e. The number of likely N-dealkylation sites (tertiary alicyclic amines) is 1. The van der Waals surface area contributed by atoms with Gasteiger partial charge in [-0.1, -0.05) is 6.07 Å². The van der Waals surface area contributed by atoms with Gasteiger partial charge in [0.15, 0.2) is 0 Å². The number of nitrogens with zero attached hydrogens (tertiary/aromatic N) is 2. The largest absolute Gasteiger partial charge is 0.480 e. The first kappa shape index (κ1) is 14.0. The summed E-state index contributed by atoms with van der Waals surface area (Å²) in [6.07, 6.45) is 3.28. The first-order chi connectivity index (χ1) is 9.49. The van der Waals surface area contributed by atoms with E-state index in [4.69, 9.17) is 5.73 Å². The zero-order chi connectivity index (χ0) is 14.7. The van der Waals surface area contributed by atoms with Crippen molar-refractivity contribution in [1.29, 1.82) is 0 Å². The molecular weight excluding hydrogens is 262 g/mol. The molecule has 0 aromatic carbocycles. The molecule has 0 saturated carbocycles. The maximum absolute atomic E-state index is 11.9. The predicted octanol–water partition coefficient (Wildman–Crippen LogP) is -0.589. The van der Waals surface area contributed by atoms with Crippen LogP contribution in [0.15, 0.2) is 24.5 Å². The second-order valence-corrected chi connectivity index (χ2v) is 4.77. The molecule has 106 valence electrons. The van der Waals surface area contributed by atoms with Crippen molar-refractivity contribution < 1.29 is 19.5 Å². The second-order valence-electron chi connectivity index (χ2n) is 4.77. The number of aromatic nitrogens is 1. The summed E-state index contributed by atoms with van der Waals surface area (Å²) < 4.78 is 0. The molecule has 2 atom stereocenters. The van der Waals surface area contributed by atoms with Crippen molar-refractivity contribution in [1.82, 2.24) is 9.88 Å². The number of primary amides is 1. The Balaban J connectivity index is 2.15. The van der Waals surface area contributed by atoms with E-state index < -0.39 is 23.8 Å². The number of aliphatic carboxylic acids is 1. The summed E-state index contributed by atoms with van der Waals surface area (Å²) in [7, 11) is 0. The van der Waals surface area contributed by atoms with E-state index in [0.29, 0.717) is 0 Å². The molecule has 1 aromatic rings. The number of carboxylic acids is 1. The third kappa shape index (κ3) is 2.93. The summed E-state index contributed by atoms with van der Waals surface area (Å²) >= 11 is 0. The van der Waals surface area contributed by atoms with Gasteiger partial charge in [-0.2, -0.15) is 0 Å². The number of nitrogens with two attached hydrogens (primary N) is 1. The van der Waals surface area contributed by atoms with Gasteiger partial charge in [0.25, 0.3) is 0 Å². The lowest BCUT2D eigenvalue weighted by Gasteiger charge is -2.24. The number of rotatable bonds is 5. The Morgan fingerprint density at radius 1 is 1.55 bits per heavy atom. The molecule has 1 aliphatic heterocycles. The van der Waals surface area contributed by atoms with Gasteiger partial charge in [0.2, 0.25) is 11.8 Å². The summed E-state index contributed by atoms with van der Waals surface area (Å²) in [5, 5.41) is 9.31. The van der Waals surface area contributed by atoms with Crippen molar-refractivity contribution in [3.8, 4) is 0 Å². The van der Waals surface area contributed by atoms with Gasteiger partial charge in [-0.15, -0.1) is 0 Å². The molecular formula is C13H15N3O4. The molecule has 7 nitrogen and oxygen atoms in total. The summed E-state index contributed by atoms with van der Waals surface area (Å²) in [5.74, 6) is -2.65. The number of hydrogen-bond donors (Lipinski definition) is 2. The van der Waals surface area contributed by atoms with Gasteiger partial charge < -0.3 is 15.7 Å². The Kier molecular flexibility index (Phi) is 3.97. The van der Waals surface area contributed by atoms with Gasteiger partial charge in [-0.05, 0) is 11.6 Å². The molecule has 0 bridgehead atoms. The average molecular weight is 277 g/mol. The van der Waals surface area contributed by atoms with Crippen molar-refractivity contribution >= 4 is 17.8 Å². The lowest BCUT2D eigenvalue weighted by Crippen LogP contribution is -2.44. The molecule has 2 amide bonds. The van der Waals surface area contributed by atoms with E-state index in [1.54, 1.807) is 24.5 Å². The van der Waals surface area contributed by atoms with Gasteiger partial charge >= 0.3 is 5.97 Å². The van der Waals surface area contributed by atoms with Crippen LogP contribution in [-0.2, 0) is 20.8 Å². The molecule has 20 heavy (non-hydrogen) atoms. The third-order valence-electron chi connectivity index (χ3n) is 3.37. The minimum atomic E-state index is -1.10. The van der Waals surface area contributed by atoms with Crippen LogP contribution < -0.4 is 5.73 Å². The highest BCUT2D eigenvalue weighted by atomic mass is 16.4. The fourth-order valence-corrected chi connectivity index (χ4v) is 2.30. The van der Waals surface area contributed by atoms with E-state index in [0.717, 1.165) is 5.56 Å². The molecule has 1 saturated heterocycles. The highest BCUT2D eigenvalue weighted by Crippen LogP contribution is 2.22. The first-order valence-electron chi connectivity index (χ1n) is 6.19. The topological polar surface area (TPSA) is 114 Å². The molecule has 1 aliphatic rings. The molecule has 1 fully saturated rings. The van der Waals surface area contributed by atoms with Gasteiger partial charge in [0.05, 0.1) is 5.92 Å². The lowest BCUT2D eigenvalue weighted by molar-refractivity contribution is -0.148. The smallest absolute Gasteiger partial charge is 0.326 e. The standard InChI is InChI=1S/C13H15N3O4/c14-12(18)9-5-11(17)16(7-9)10(13(19)20)4-8-2-1-3-15-6-8/h1-3,6,9-10H,4-5,7H2,(H2,14,18)(H,19,20). The Hall–Kier alpha value is -2.44. The summed E-state index contributed by atoms with van der Waals surface area (Å²) in [4.78, 5) is 39.5. The number of pyridine rings is 1. The van der Waals surface area contributed by atoms with Crippen molar-refractivity contribution in [2.45, 2.75) is 18.9 Å². The molecule has 2 unspecified atom stereocenters. The molecule has 0 aliphatic carbocycles. The van der Waals surface area contributed by atoms with Gasteiger partial charge in [-0.3, -0.25) is 14.6 Å². The highest BCUT2D eigenvalue weighted by molar-refractivity contribution is 5.91. The van der Waals surface area contributed by atoms with Crippen LogP contribution in [0.1, 0.15) is 12.0 Å². The monoisotopic (exact) mass is 277 g/mol. The SMILES string of the molecule is NC(=O)C1CC(=O)N(C(Cc2cccnc2)C(=O)O)C1. The maximum Gasteiger partial charge on any atom is 0.326 e. The van der Waals surface area contributed by atoms with Crippen LogP contribution in [0.3, 0.4) is 0 Å². The number of carboxylic acid groups (broad SMARTS) is 1. The molecule has 0 spiro atoms. The quantitative estimate of drug-likeness (QED) is 0.746. The number of carbonyl (C=O) groups is 3. The van der Waals surface area contributed by atoms with E-state index in [1.165, 1.54) is 4.90 Å². The van der Waals surface area contributed by atoms with E-state index in [2.05, 4.69) is 4.98 Å². The first-order valence-corrected chi connectivity index (χ1v) is 6.19. The summed E-state index contributed by atoms with van der Waals surface area (Å²) in [5.41, 5.74) is 5.89. The fourth-order valence-electron chi connectivity index (χ4n) is 2.30. The maximum atomic E-state index is 11.9. The van der Waals surface area contributed by atoms with E-state index in [1.807, 2.05) is 0 Å². The molecule has 2 heterocycles. The highest BCUT2D eigenvalue weighted by Gasteiger charge is 2.39. The molecule has 0 radical (unpaired) electrons. The number of carbonyl (C=O) groups excluding carboxylic acids is 2. The van der Waals surface area contributed by atoms with Crippen LogP contribution in [0.25, 0.3) is 0 Å². The second kappa shape index (κ2) is 5.68. The van der Waals surface area contributed by atoms with Crippen LogP contribution in [0.4, 0.5) is 0 Å². The van der Waals surface area contributed by atoms with Gasteiger partial charge in [-0.25, -0.2) is 4.79 Å². The van der Waals surface area contributed by atoms with Crippen LogP contribution in [0, 0.1) is 5.92 Å². The molecule has 7 heteroatoms. The van der Waals surface area contributed by atoms with Crippen LogP contribution in [0.2, 0.25) is 0 Å². The van der Waals surface area contributed by atoms with E-state index in [-0.39, 0.29) is 25.3 Å². The lowest BCUT2D eigenvalue weighted by atomic mass is 10.1. The van der Waals surface area contributed by atoms with Gasteiger partial charge in [0, 0.05) is 31.8 Å². The third-order valence-corrected chi connectivity index (χ3v) is 3.37. The predicted molar refractivity (Wildman–Crippen MR) is 68.4 cm³/mol. The Labute approximate surface area is 115 Å². The number of amides is 2. The van der Waals surface area contributed by atoms with Crippen LogP contribution in [0.5, 0.6) is 0 Å². The van der Waals surface area contributed by atoms with Crippen molar-refractivity contribution in [2.75, 3.05) is 6.54 Å². The normalized spacial score (nSPS) is 19.9. The molecule has 1 aromatic heterocycles. The van der Waals surface area contributed by atoms with Crippen LogP contribution in [-0.4, -0.2) is 45.4 Å². The van der Waals surface area contributed by atoms with Gasteiger partial charge in [0.1, 0.15) is 6.04 Å². The molecule has 3 N–H and O–H groups in total. The Bertz CT molecular complexity index is 532. The molecule has 2 rings (SSSR count). The Morgan fingerprint density at radius 2 is 2.30 bits per heavy atom. The van der Waals surface area contributed by atoms with Crippen molar-refractivity contribution in [3.05, 3.63) is 30.1 Å². The van der Waals surface area contributed by atoms with E-state index >= 15 is 0 Å². The van der Waals surface area contributed by atoms with Crippen molar-refractivity contribution in [2.24, 2.45) is 11.7 Å². The summed E-state index contributed by atoms with van der Waals surface area (Å²) in [6, 6.07) is 2.44. The Morgan fingerprint density at radius 3 is 2.80 bits per heavy atom. The van der Waals surface area contributed by atoms with Crippen LogP contribution >= 0.6 is 0 Å². The average Bonchev–Trinajstić information content (AvgIpc) is 2.79. The van der Waals surface area contributed by atoms with E-state index in [9.17, 15) is 19.5 Å². The number of hydrogen-bond acceptors (Lipinski definition) is 4.